The van der Waals surface area contributed by atoms with E-state index < -0.39 is 6.10 Å². The van der Waals surface area contributed by atoms with E-state index in [1.165, 1.54) is 12.1 Å². The fourth-order valence-corrected chi connectivity index (χ4v) is 3.81. The number of fused-ring (bicyclic) bond motifs is 1. The number of amides is 1. The van der Waals surface area contributed by atoms with E-state index in [2.05, 4.69) is 10.3 Å². The SMILES string of the molecule is C[C@@H](Oc1ccc2c(-c3ccc(F)cc3Cl)ccnc2c1)C(=O)N1CCNCC1. The maximum absolute atomic E-state index is 13.4. The van der Waals surface area contributed by atoms with Crippen molar-refractivity contribution in [2.45, 2.75) is 13.0 Å². The van der Waals surface area contributed by atoms with Gasteiger partial charge in [-0.05, 0) is 48.9 Å². The molecule has 0 spiro atoms. The summed E-state index contributed by atoms with van der Waals surface area (Å²) in [6.45, 7) is 4.73. The molecule has 1 fully saturated rings. The van der Waals surface area contributed by atoms with Gasteiger partial charge >= 0.3 is 0 Å². The molecule has 0 bridgehead atoms. The Balaban J connectivity index is 1.59. The minimum absolute atomic E-state index is 0.0219. The number of carbonyl (C=O) groups is 1. The Morgan fingerprint density at radius 1 is 1.17 bits per heavy atom. The second kappa shape index (κ2) is 8.35. The number of hydrogen-bond donors (Lipinski definition) is 1. The zero-order chi connectivity index (χ0) is 20.4. The summed E-state index contributed by atoms with van der Waals surface area (Å²) < 4.78 is 19.3. The lowest BCUT2D eigenvalue weighted by Gasteiger charge is -2.29. The van der Waals surface area contributed by atoms with Gasteiger partial charge in [0.05, 0.1) is 10.5 Å². The quantitative estimate of drug-likeness (QED) is 0.705. The van der Waals surface area contributed by atoms with Crippen LogP contribution in [0.5, 0.6) is 5.75 Å². The van der Waals surface area contributed by atoms with E-state index in [1.54, 1.807) is 25.3 Å². The summed E-state index contributed by atoms with van der Waals surface area (Å²) in [6, 6.07) is 11.7. The van der Waals surface area contributed by atoms with Crippen LogP contribution in [0.3, 0.4) is 0 Å². The minimum atomic E-state index is -0.583. The van der Waals surface area contributed by atoms with Crippen molar-refractivity contribution >= 4 is 28.4 Å². The van der Waals surface area contributed by atoms with Crippen molar-refractivity contribution in [3.63, 3.8) is 0 Å². The highest BCUT2D eigenvalue weighted by Gasteiger charge is 2.23. The van der Waals surface area contributed by atoms with Crippen molar-refractivity contribution in [1.29, 1.82) is 0 Å². The molecule has 7 heteroatoms. The Morgan fingerprint density at radius 2 is 1.97 bits per heavy atom. The number of hydrogen-bond acceptors (Lipinski definition) is 4. The number of nitrogens with zero attached hydrogens (tertiary/aromatic N) is 2. The third-order valence-corrected chi connectivity index (χ3v) is 5.34. The van der Waals surface area contributed by atoms with Gasteiger partial charge in [-0.1, -0.05) is 11.6 Å². The molecule has 0 aliphatic carbocycles. The maximum atomic E-state index is 13.4. The number of benzene rings is 2. The van der Waals surface area contributed by atoms with Crippen LogP contribution in [0.15, 0.2) is 48.7 Å². The summed E-state index contributed by atoms with van der Waals surface area (Å²) in [4.78, 5) is 18.8. The van der Waals surface area contributed by atoms with E-state index in [-0.39, 0.29) is 11.7 Å². The van der Waals surface area contributed by atoms with Crippen molar-refractivity contribution in [2.24, 2.45) is 0 Å². The molecule has 1 aliphatic heterocycles. The molecule has 0 saturated carbocycles. The Bertz CT molecular complexity index is 1050. The number of piperazine rings is 1. The second-order valence-electron chi connectivity index (χ2n) is 7.00. The lowest BCUT2D eigenvalue weighted by molar-refractivity contribution is -0.138. The van der Waals surface area contributed by atoms with E-state index in [4.69, 9.17) is 16.3 Å². The average molecular weight is 414 g/mol. The topological polar surface area (TPSA) is 54.5 Å². The Hall–Kier alpha value is -2.70. The van der Waals surface area contributed by atoms with E-state index in [9.17, 15) is 9.18 Å². The normalized spacial score (nSPS) is 15.3. The second-order valence-corrected chi connectivity index (χ2v) is 7.40. The molecule has 1 amide bonds. The number of halogens is 2. The first-order valence-electron chi connectivity index (χ1n) is 9.53. The van der Waals surface area contributed by atoms with Crippen LogP contribution in [0, 0.1) is 5.82 Å². The standard InChI is InChI=1S/C22H21ClFN3O2/c1-14(22(28)27-10-8-25-9-11-27)29-16-3-5-19-17(6-7-26-21(19)13-16)18-4-2-15(24)12-20(18)23/h2-7,12-14,25H,8-11H2,1H3/t14-/m1/s1. The first kappa shape index (κ1) is 19.6. The molecular weight excluding hydrogens is 393 g/mol. The van der Waals surface area contributed by atoms with Crippen LogP contribution in [-0.4, -0.2) is 48.1 Å². The summed E-state index contributed by atoms with van der Waals surface area (Å²) in [7, 11) is 0. The predicted octanol–water partition coefficient (Wildman–Crippen LogP) is 3.89. The Kier molecular flexibility index (Phi) is 5.65. The molecular formula is C22H21ClFN3O2. The number of nitrogens with one attached hydrogen (secondary N) is 1. The molecule has 2 aromatic carbocycles. The molecule has 1 atom stereocenters. The van der Waals surface area contributed by atoms with E-state index in [1.807, 2.05) is 23.1 Å². The van der Waals surface area contributed by atoms with Gasteiger partial charge in [0.25, 0.3) is 5.91 Å². The summed E-state index contributed by atoms with van der Waals surface area (Å²) in [5.74, 6) is 0.172. The predicted molar refractivity (Wildman–Crippen MR) is 112 cm³/mol. The van der Waals surface area contributed by atoms with Crippen LogP contribution in [0.25, 0.3) is 22.0 Å². The Morgan fingerprint density at radius 3 is 2.72 bits per heavy atom. The van der Waals surface area contributed by atoms with Crippen LogP contribution in [0.2, 0.25) is 5.02 Å². The smallest absolute Gasteiger partial charge is 0.263 e. The monoisotopic (exact) mass is 413 g/mol. The highest BCUT2D eigenvalue weighted by Crippen LogP contribution is 2.34. The number of rotatable bonds is 4. The van der Waals surface area contributed by atoms with Crippen molar-refractivity contribution in [3.8, 4) is 16.9 Å². The maximum Gasteiger partial charge on any atom is 0.263 e. The largest absolute Gasteiger partial charge is 0.481 e. The van der Waals surface area contributed by atoms with E-state index >= 15 is 0 Å². The van der Waals surface area contributed by atoms with Crippen LogP contribution in [0.1, 0.15) is 6.92 Å². The van der Waals surface area contributed by atoms with Crippen LogP contribution >= 0.6 is 11.6 Å². The molecule has 3 aromatic rings. The molecule has 2 heterocycles. The van der Waals surface area contributed by atoms with Gasteiger partial charge < -0.3 is 15.0 Å². The molecule has 1 N–H and O–H groups in total. The molecule has 29 heavy (non-hydrogen) atoms. The van der Waals surface area contributed by atoms with Crippen molar-refractivity contribution in [3.05, 3.63) is 59.5 Å². The lowest BCUT2D eigenvalue weighted by Crippen LogP contribution is -2.50. The fourth-order valence-electron chi connectivity index (χ4n) is 3.54. The molecule has 1 saturated heterocycles. The number of carbonyl (C=O) groups excluding carboxylic acids is 1. The molecule has 4 rings (SSSR count). The third kappa shape index (κ3) is 4.18. The van der Waals surface area contributed by atoms with Crippen LogP contribution in [0.4, 0.5) is 4.39 Å². The zero-order valence-electron chi connectivity index (χ0n) is 16.0. The van der Waals surface area contributed by atoms with Gasteiger partial charge in [-0.15, -0.1) is 0 Å². The van der Waals surface area contributed by atoms with Gasteiger partial charge in [0, 0.05) is 49.4 Å². The highest BCUT2D eigenvalue weighted by atomic mass is 35.5. The summed E-state index contributed by atoms with van der Waals surface area (Å²) in [5.41, 5.74) is 2.30. The van der Waals surface area contributed by atoms with Gasteiger partial charge in [-0.3, -0.25) is 9.78 Å². The van der Waals surface area contributed by atoms with Gasteiger partial charge in [0.2, 0.25) is 0 Å². The lowest BCUT2D eigenvalue weighted by atomic mass is 10.0. The molecule has 1 aromatic heterocycles. The van der Waals surface area contributed by atoms with E-state index in [0.29, 0.717) is 29.4 Å². The zero-order valence-corrected chi connectivity index (χ0v) is 16.7. The number of ether oxygens (including phenoxy) is 1. The highest BCUT2D eigenvalue weighted by molar-refractivity contribution is 6.33. The van der Waals surface area contributed by atoms with Gasteiger partial charge in [-0.2, -0.15) is 0 Å². The van der Waals surface area contributed by atoms with Gasteiger partial charge in [0.1, 0.15) is 11.6 Å². The fraction of sp³-hybridized carbons (Fsp3) is 0.273. The van der Waals surface area contributed by atoms with Gasteiger partial charge in [-0.25, -0.2) is 4.39 Å². The summed E-state index contributed by atoms with van der Waals surface area (Å²) >= 11 is 6.24. The first-order valence-corrected chi connectivity index (χ1v) is 9.91. The van der Waals surface area contributed by atoms with E-state index in [0.717, 1.165) is 29.6 Å². The van der Waals surface area contributed by atoms with Crippen LogP contribution in [-0.2, 0) is 4.79 Å². The molecule has 1 aliphatic rings. The first-order chi connectivity index (χ1) is 14.0. The number of aromatic nitrogens is 1. The van der Waals surface area contributed by atoms with Crippen molar-refractivity contribution < 1.29 is 13.9 Å². The third-order valence-electron chi connectivity index (χ3n) is 5.02. The molecule has 150 valence electrons. The molecule has 5 nitrogen and oxygen atoms in total. The molecule has 0 radical (unpaired) electrons. The van der Waals surface area contributed by atoms with Crippen LogP contribution < -0.4 is 10.1 Å². The van der Waals surface area contributed by atoms with Crippen molar-refractivity contribution in [2.75, 3.05) is 26.2 Å². The summed E-state index contributed by atoms with van der Waals surface area (Å²) in [6.07, 6.45) is 1.09. The van der Waals surface area contributed by atoms with Crippen molar-refractivity contribution in [1.82, 2.24) is 15.2 Å². The summed E-state index contributed by atoms with van der Waals surface area (Å²) in [5, 5.41) is 4.44. The molecule has 0 unspecified atom stereocenters. The average Bonchev–Trinajstić information content (AvgIpc) is 2.73. The Labute approximate surface area is 173 Å². The number of pyridine rings is 1. The minimum Gasteiger partial charge on any atom is -0.481 e. The van der Waals surface area contributed by atoms with Gasteiger partial charge in [0.15, 0.2) is 6.10 Å².